The highest BCUT2D eigenvalue weighted by molar-refractivity contribution is 5.98. The predicted octanol–water partition coefficient (Wildman–Crippen LogP) is 2.75. The number of likely N-dealkylation sites (N-methyl/N-ethyl adjacent to an activating group) is 1. The molecular weight excluding hydrogens is 373 g/mol. The zero-order valence-corrected chi connectivity index (χ0v) is 17.0. The van der Waals surface area contributed by atoms with Crippen LogP contribution in [0.4, 0.5) is 10.1 Å². The van der Waals surface area contributed by atoms with E-state index in [1.807, 2.05) is 12.1 Å². The van der Waals surface area contributed by atoms with Gasteiger partial charge in [-0.1, -0.05) is 12.1 Å². The van der Waals surface area contributed by atoms with E-state index >= 15 is 0 Å². The second-order valence-electron chi connectivity index (χ2n) is 7.51. The second kappa shape index (κ2) is 8.03. The molecule has 3 amide bonds. The van der Waals surface area contributed by atoms with Gasteiger partial charge in [0.05, 0.1) is 0 Å². The monoisotopic (exact) mass is 397 g/mol. The Kier molecular flexibility index (Phi) is 5.68. The molecule has 0 unspecified atom stereocenters. The van der Waals surface area contributed by atoms with E-state index in [2.05, 4.69) is 5.32 Å². The lowest BCUT2D eigenvalue weighted by Gasteiger charge is -2.37. The molecule has 3 rings (SSSR count). The quantitative estimate of drug-likeness (QED) is 0.866. The molecule has 1 heterocycles. The van der Waals surface area contributed by atoms with Crippen molar-refractivity contribution < 1.29 is 18.8 Å². The fraction of sp³-hybridized carbons (Fsp3) is 0.318. The molecule has 29 heavy (non-hydrogen) atoms. The first-order valence-corrected chi connectivity index (χ1v) is 9.35. The minimum absolute atomic E-state index is 0.190. The number of nitrogens with one attached hydrogen (secondary N) is 1. The summed E-state index contributed by atoms with van der Waals surface area (Å²) in [7, 11) is 3.29. The summed E-state index contributed by atoms with van der Waals surface area (Å²) in [5, 5.41) is 2.73. The van der Waals surface area contributed by atoms with Gasteiger partial charge in [0.25, 0.3) is 5.91 Å². The maximum Gasteiger partial charge on any atom is 0.254 e. The van der Waals surface area contributed by atoms with Crippen LogP contribution in [0, 0.1) is 12.7 Å². The summed E-state index contributed by atoms with van der Waals surface area (Å²) in [6, 6.07) is 9.11. The van der Waals surface area contributed by atoms with Crippen molar-refractivity contribution in [3.8, 4) is 0 Å². The van der Waals surface area contributed by atoms with Gasteiger partial charge in [-0.2, -0.15) is 0 Å². The molecule has 1 aliphatic heterocycles. The van der Waals surface area contributed by atoms with Gasteiger partial charge in [-0.25, -0.2) is 4.39 Å². The number of carbonyl (C=O) groups is 3. The van der Waals surface area contributed by atoms with E-state index in [9.17, 15) is 18.8 Å². The summed E-state index contributed by atoms with van der Waals surface area (Å²) in [6.45, 7) is 3.25. The first-order chi connectivity index (χ1) is 13.7. The van der Waals surface area contributed by atoms with Gasteiger partial charge in [0, 0.05) is 45.2 Å². The van der Waals surface area contributed by atoms with Crippen LogP contribution < -0.4 is 5.32 Å². The van der Waals surface area contributed by atoms with Gasteiger partial charge in [0.1, 0.15) is 11.9 Å². The molecule has 1 N–H and O–H groups in total. The number of aryl methyl sites for hydroxylation is 1. The summed E-state index contributed by atoms with van der Waals surface area (Å²) in [4.78, 5) is 40.3. The van der Waals surface area contributed by atoms with Crippen LogP contribution in [0.15, 0.2) is 36.4 Å². The van der Waals surface area contributed by atoms with Crippen LogP contribution in [-0.4, -0.2) is 47.7 Å². The Morgan fingerprint density at radius 2 is 1.83 bits per heavy atom. The smallest absolute Gasteiger partial charge is 0.254 e. The maximum absolute atomic E-state index is 14.0. The molecule has 0 fully saturated rings. The SMILES string of the molecule is CC(=O)Nc1ccc2c(c1)CN(C(=O)c1ccc(C)c(F)c1)[C@H](C(=O)N(C)C)C2. The van der Waals surface area contributed by atoms with Crippen LogP contribution in [0.2, 0.25) is 0 Å². The Bertz CT molecular complexity index is 987. The number of halogens is 1. The third-order valence-electron chi connectivity index (χ3n) is 5.06. The Morgan fingerprint density at radius 1 is 1.10 bits per heavy atom. The molecular formula is C22H24FN3O3. The zero-order chi connectivity index (χ0) is 21.3. The molecule has 6 nitrogen and oxygen atoms in total. The third-order valence-corrected chi connectivity index (χ3v) is 5.06. The minimum atomic E-state index is -0.680. The Labute approximate surface area is 169 Å². The highest BCUT2D eigenvalue weighted by Gasteiger charge is 2.36. The molecule has 2 aromatic rings. The van der Waals surface area contributed by atoms with E-state index in [4.69, 9.17) is 0 Å². The van der Waals surface area contributed by atoms with Gasteiger partial charge >= 0.3 is 0 Å². The van der Waals surface area contributed by atoms with Crippen LogP contribution in [0.3, 0.4) is 0 Å². The summed E-state index contributed by atoms with van der Waals surface area (Å²) in [6.07, 6.45) is 0.354. The topological polar surface area (TPSA) is 69.7 Å². The van der Waals surface area contributed by atoms with Gasteiger partial charge in [0.15, 0.2) is 0 Å². The fourth-order valence-electron chi connectivity index (χ4n) is 3.49. The highest BCUT2D eigenvalue weighted by atomic mass is 19.1. The van der Waals surface area contributed by atoms with Gasteiger partial charge in [-0.05, 0) is 47.9 Å². The number of hydrogen-bond donors (Lipinski definition) is 1. The largest absolute Gasteiger partial charge is 0.347 e. The lowest BCUT2D eigenvalue weighted by molar-refractivity contribution is -0.134. The molecule has 0 aliphatic carbocycles. The van der Waals surface area contributed by atoms with Gasteiger partial charge in [-0.3, -0.25) is 14.4 Å². The number of hydrogen-bond acceptors (Lipinski definition) is 3. The summed E-state index contributed by atoms with van der Waals surface area (Å²) < 4.78 is 14.0. The molecule has 1 aliphatic rings. The Morgan fingerprint density at radius 3 is 2.45 bits per heavy atom. The third kappa shape index (κ3) is 4.29. The number of amides is 3. The molecule has 0 saturated heterocycles. The molecule has 0 saturated carbocycles. The number of anilines is 1. The average molecular weight is 397 g/mol. The second-order valence-corrected chi connectivity index (χ2v) is 7.51. The molecule has 2 aromatic carbocycles. The minimum Gasteiger partial charge on any atom is -0.347 e. The normalized spacial score (nSPS) is 15.5. The first-order valence-electron chi connectivity index (χ1n) is 9.35. The summed E-state index contributed by atoms with van der Waals surface area (Å²) in [5.74, 6) is -1.25. The fourth-order valence-corrected chi connectivity index (χ4v) is 3.49. The average Bonchev–Trinajstić information content (AvgIpc) is 2.67. The van der Waals surface area contributed by atoms with Crippen molar-refractivity contribution >= 4 is 23.4 Å². The lowest BCUT2D eigenvalue weighted by Crippen LogP contribution is -2.52. The molecule has 0 bridgehead atoms. The number of nitrogens with zero attached hydrogens (tertiary/aromatic N) is 2. The van der Waals surface area contributed by atoms with Gasteiger partial charge in [0.2, 0.25) is 11.8 Å². The Balaban J connectivity index is 1.99. The van der Waals surface area contributed by atoms with Crippen molar-refractivity contribution in [1.29, 1.82) is 0 Å². The standard InChI is InChI=1S/C22H24FN3O3/c1-13-5-6-16(10-19(13)23)21(28)26-12-17-9-18(24-14(2)27)8-7-15(17)11-20(26)22(29)25(3)4/h5-10,20H,11-12H2,1-4H3,(H,24,27)/t20-/m0/s1. The van der Waals surface area contributed by atoms with Crippen LogP contribution in [-0.2, 0) is 22.6 Å². The first kappa shape index (κ1) is 20.5. The van der Waals surface area contributed by atoms with Crippen molar-refractivity contribution in [3.63, 3.8) is 0 Å². The van der Waals surface area contributed by atoms with Crippen molar-refractivity contribution in [2.24, 2.45) is 0 Å². The van der Waals surface area contributed by atoms with E-state index in [1.165, 1.54) is 22.8 Å². The predicted molar refractivity (Wildman–Crippen MR) is 108 cm³/mol. The van der Waals surface area contributed by atoms with Crippen molar-refractivity contribution in [2.45, 2.75) is 32.9 Å². The van der Waals surface area contributed by atoms with Crippen molar-refractivity contribution in [1.82, 2.24) is 9.80 Å². The molecule has 7 heteroatoms. The van der Waals surface area contributed by atoms with Gasteiger partial charge < -0.3 is 15.1 Å². The zero-order valence-electron chi connectivity index (χ0n) is 17.0. The van der Waals surface area contributed by atoms with Crippen LogP contribution in [0.5, 0.6) is 0 Å². The number of rotatable bonds is 3. The maximum atomic E-state index is 14.0. The molecule has 1 atom stereocenters. The van der Waals surface area contributed by atoms with Crippen LogP contribution in [0.25, 0.3) is 0 Å². The summed E-state index contributed by atoms with van der Waals surface area (Å²) >= 11 is 0. The van der Waals surface area contributed by atoms with Crippen LogP contribution >= 0.6 is 0 Å². The van der Waals surface area contributed by atoms with Crippen molar-refractivity contribution in [2.75, 3.05) is 19.4 Å². The lowest BCUT2D eigenvalue weighted by atomic mass is 9.92. The van der Waals surface area contributed by atoms with Gasteiger partial charge in [-0.15, -0.1) is 0 Å². The van der Waals surface area contributed by atoms with E-state index in [1.54, 1.807) is 39.2 Å². The van der Waals surface area contributed by atoms with E-state index < -0.39 is 17.8 Å². The molecule has 152 valence electrons. The van der Waals surface area contributed by atoms with E-state index in [-0.39, 0.29) is 23.9 Å². The van der Waals surface area contributed by atoms with Crippen LogP contribution in [0.1, 0.15) is 34.0 Å². The number of benzene rings is 2. The summed E-state index contributed by atoms with van der Waals surface area (Å²) in [5.41, 5.74) is 3.07. The highest BCUT2D eigenvalue weighted by Crippen LogP contribution is 2.28. The van der Waals surface area contributed by atoms with E-state index in [0.29, 0.717) is 17.7 Å². The Hall–Kier alpha value is -3.22. The number of carbonyl (C=O) groups excluding carboxylic acids is 3. The van der Waals surface area contributed by atoms with E-state index in [0.717, 1.165) is 11.1 Å². The number of fused-ring (bicyclic) bond motifs is 1. The molecule has 0 spiro atoms. The van der Waals surface area contributed by atoms with Crippen molar-refractivity contribution in [3.05, 3.63) is 64.5 Å². The molecule has 0 aromatic heterocycles. The molecule has 0 radical (unpaired) electrons.